The van der Waals surface area contributed by atoms with Crippen molar-refractivity contribution in [2.75, 3.05) is 6.26 Å². The summed E-state index contributed by atoms with van der Waals surface area (Å²) in [5.74, 6) is 0. The first-order valence-electron chi connectivity index (χ1n) is 3.71. The minimum atomic E-state index is 0.661. The third-order valence-corrected chi connectivity index (χ3v) is 2.60. The van der Waals surface area contributed by atoms with E-state index in [1.165, 1.54) is 18.2 Å². The van der Waals surface area contributed by atoms with E-state index >= 15 is 0 Å². The number of aldehydes is 1. The first-order valence-corrected chi connectivity index (χ1v) is 4.94. The molecule has 0 aliphatic carbocycles. The molecule has 1 aromatic heterocycles. The number of benzene rings is 1. The van der Waals surface area contributed by atoms with Crippen LogP contribution in [-0.4, -0.2) is 17.5 Å². The number of nitrogens with zero attached hydrogens (tertiary/aromatic N) is 1. The fourth-order valence-electron chi connectivity index (χ4n) is 1.17. The molecule has 0 saturated carbocycles. The van der Waals surface area contributed by atoms with Crippen LogP contribution >= 0.6 is 11.8 Å². The Hall–Kier alpha value is -1.29. The normalized spacial score (nSPS) is 10.5. The highest BCUT2D eigenvalue weighted by Gasteiger charge is 2.05. The molecule has 0 bridgehead atoms. The van der Waals surface area contributed by atoms with Crippen molar-refractivity contribution in [2.24, 2.45) is 0 Å². The average molecular weight is 193 g/mol. The minimum absolute atomic E-state index is 0.661. The second-order valence-electron chi connectivity index (χ2n) is 2.53. The summed E-state index contributed by atoms with van der Waals surface area (Å²) in [5, 5.41) is 0. The molecule has 66 valence electrons. The molecule has 0 radical (unpaired) electrons. The van der Waals surface area contributed by atoms with Gasteiger partial charge in [-0.3, -0.25) is 4.79 Å². The molecule has 1 heterocycles. The molecule has 0 aliphatic heterocycles. The first-order chi connectivity index (χ1) is 6.35. The molecular weight excluding hydrogens is 186 g/mol. The van der Waals surface area contributed by atoms with Crippen LogP contribution in [0.2, 0.25) is 0 Å². The molecule has 13 heavy (non-hydrogen) atoms. The molecule has 0 N–H and O–H groups in total. The molecule has 2 aromatic rings. The average Bonchev–Trinajstić information content (AvgIpc) is 2.62. The van der Waals surface area contributed by atoms with Gasteiger partial charge in [0.2, 0.25) is 0 Å². The Kier molecular flexibility index (Phi) is 2.06. The van der Waals surface area contributed by atoms with Crippen molar-refractivity contribution in [3.63, 3.8) is 0 Å². The van der Waals surface area contributed by atoms with Crippen molar-refractivity contribution in [1.29, 1.82) is 0 Å². The van der Waals surface area contributed by atoms with Crippen LogP contribution in [0.25, 0.3) is 11.1 Å². The predicted octanol–water partition coefficient (Wildman–Crippen LogP) is 2.36. The van der Waals surface area contributed by atoms with Gasteiger partial charge < -0.3 is 4.42 Å². The zero-order valence-electron chi connectivity index (χ0n) is 6.98. The van der Waals surface area contributed by atoms with E-state index in [-0.39, 0.29) is 0 Å². The van der Waals surface area contributed by atoms with Crippen LogP contribution in [-0.2, 0) is 0 Å². The molecular formula is C9H7NO2S. The van der Waals surface area contributed by atoms with Crippen LogP contribution < -0.4 is 0 Å². The van der Waals surface area contributed by atoms with E-state index in [9.17, 15) is 4.79 Å². The highest BCUT2D eigenvalue weighted by molar-refractivity contribution is 7.98. The highest BCUT2D eigenvalue weighted by atomic mass is 32.2. The van der Waals surface area contributed by atoms with Crippen molar-refractivity contribution < 1.29 is 9.21 Å². The Balaban J connectivity index is 2.73. The lowest BCUT2D eigenvalue weighted by molar-refractivity contribution is 0.112. The minimum Gasteiger partial charge on any atom is -0.443 e. The van der Waals surface area contributed by atoms with E-state index in [1.807, 2.05) is 12.3 Å². The third kappa shape index (κ3) is 1.33. The van der Waals surface area contributed by atoms with Gasteiger partial charge in [-0.05, 0) is 18.4 Å². The van der Waals surface area contributed by atoms with E-state index in [2.05, 4.69) is 4.98 Å². The Morgan fingerprint density at radius 3 is 3.08 bits per heavy atom. The topological polar surface area (TPSA) is 43.1 Å². The smallest absolute Gasteiger partial charge is 0.181 e. The lowest BCUT2D eigenvalue weighted by Gasteiger charge is -1.98. The SMILES string of the molecule is CSc1cc2ocnc2cc1C=O. The van der Waals surface area contributed by atoms with Gasteiger partial charge in [0.05, 0.1) is 0 Å². The second kappa shape index (κ2) is 3.22. The Labute approximate surface area is 79.1 Å². The summed E-state index contributed by atoms with van der Waals surface area (Å²) in [4.78, 5) is 15.6. The number of aromatic nitrogens is 1. The van der Waals surface area contributed by atoms with Gasteiger partial charge in [-0.15, -0.1) is 11.8 Å². The fraction of sp³-hybridized carbons (Fsp3) is 0.111. The second-order valence-corrected chi connectivity index (χ2v) is 3.38. The van der Waals surface area contributed by atoms with Gasteiger partial charge in [0.1, 0.15) is 5.52 Å². The van der Waals surface area contributed by atoms with Crippen molar-refractivity contribution in [2.45, 2.75) is 4.90 Å². The van der Waals surface area contributed by atoms with E-state index in [1.54, 1.807) is 6.07 Å². The monoisotopic (exact) mass is 193 g/mol. The number of thioether (sulfide) groups is 1. The van der Waals surface area contributed by atoms with E-state index in [0.717, 1.165) is 22.3 Å². The maximum Gasteiger partial charge on any atom is 0.181 e. The molecule has 0 aliphatic rings. The van der Waals surface area contributed by atoms with Gasteiger partial charge in [-0.25, -0.2) is 4.98 Å². The number of hydrogen-bond acceptors (Lipinski definition) is 4. The number of rotatable bonds is 2. The maximum atomic E-state index is 10.7. The van der Waals surface area contributed by atoms with Crippen molar-refractivity contribution in [1.82, 2.24) is 4.98 Å². The van der Waals surface area contributed by atoms with Crippen molar-refractivity contribution in [3.05, 3.63) is 24.1 Å². The summed E-state index contributed by atoms with van der Waals surface area (Å²) in [6, 6.07) is 3.56. The summed E-state index contributed by atoms with van der Waals surface area (Å²) in [6.07, 6.45) is 4.13. The van der Waals surface area contributed by atoms with Crippen LogP contribution in [0.3, 0.4) is 0 Å². The lowest BCUT2D eigenvalue weighted by atomic mass is 10.2. The molecule has 4 heteroatoms. The zero-order valence-corrected chi connectivity index (χ0v) is 7.80. The Morgan fingerprint density at radius 1 is 1.54 bits per heavy atom. The van der Waals surface area contributed by atoms with E-state index in [4.69, 9.17) is 4.42 Å². The molecule has 3 nitrogen and oxygen atoms in total. The van der Waals surface area contributed by atoms with Crippen molar-refractivity contribution >= 4 is 29.1 Å². The Morgan fingerprint density at radius 2 is 2.38 bits per heavy atom. The van der Waals surface area contributed by atoms with Crippen LogP contribution in [0.1, 0.15) is 10.4 Å². The molecule has 0 amide bonds. The molecule has 0 saturated heterocycles. The van der Waals surface area contributed by atoms with Crippen molar-refractivity contribution in [3.8, 4) is 0 Å². The molecule has 0 spiro atoms. The van der Waals surface area contributed by atoms with Crippen LogP contribution in [0, 0.1) is 0 Å². The predicted molar refractivity (Wildman–Crippen MR) is 51.2 cm³/mol. The molecule has 0 atom stereocenters. The highest BCUT2D eigenvalue weighted by Crippen LogP contribution is 2.24. The number of carbonyl (C=O) groups excluding carboxylic acids is 1. The standard InChI is InChI=1S/C9H7NO2S/c1-13-9-3-8-7(10-5-12-8)2-6(9)4-11/h2-5H,1H3. The third-order valence-electron chi connectivity index (χ3n) is 1.81. The van der Waals surface area contributed by atoms with Gasteiger partial charge in [-0.1, -0.05) is 0 Å². The van der Waals surface area contributed by atoms with Gasteiger partial charge in [-0.2, -0.15) is 0 Å². The molecule has 1 aromatic carbocycles. The molecule has 0 fully saturated rings. The van der Waals surface area contributed by atoms with E-state index in [0.29, 0.717) is 5.56 Å². The van der Waals surface area contributed by atoms with Crippen LogP contribution in [0.4, 0.5) is 0 Å². The number of fused-ring (bicyclic) bond motifs is 1. The van der Waals surface area contributed by atoms with Crippen LogP contribution in [0.15, 0.2) is 27.8 Å². The molecule has 0 unspecified atom stereocenters. The van der Waals surface area contributed by atoms with Gasteiger partial charge in [0.25, 0.3) is 0 Å². The summed E-state index contributed by atoms with van der Waals surface area (Å²) in [6.45, 7) is 0. The largest absolute Gasteiger partial charge is 0.443 e. The number of carbonyl (C=O) groups is 1. The number of hydrogen-bond donors (Lipinski definition) is 0. The summed E-state index contributed by atoms with van der Waals surface area (Å²) in [5.41, 5.74) is 2.10. The fourth-order valence-corrected chi connectivity index (χ4v) is 1.74. The van der Waals surface area contributed by atoms with Crippen LogP contribution in [0.5, 0.6) is 0 Å². The summed E-state index contributed by atoms with van der Waals surface area (Å²) < 4.78 is 5.12. The molecule has 2 rings (SSSR count). The Bertz CT molecular complexity index is 450. The summed E-state index contributed by atoms with van der Waals surface area (Å²) in [7, 11) is 0. The summed E-state index contributed by atoms with van der Waals surface area (Å²) >= 11 is 1.52. The van der Waals surface area contributed by atoms with Gasteiger partial charge in [0.15, 0.2) is 18.3 Å². The first kappa shape index (κ1) is 8.31. The van der Waals surface area contributed by atoms with Gasteiger partial charge >= 0.3 is 0 Å². The quantitative estimate of drug-likeness (QED) is 0.542. The maximum absolute atomic E-state index is 10.7. The lowest BCUT2D eigenvalue weighted by Crippen LogP contribution is -1.84. The zero-order chi connectivity index (χ0) is 9.26. The number of oxazole rings is 1. The van der Waals surface area contributed by atoms with E-state index < -0.39 is 0 Å². The van der Waals surface area contributed by atoms with Gasteiger partial charge in [0, 0.05) is 10.5 Å².